The highest BCUT2D eigenvalue weighted by Crippen LogP contribution is 2.14. The molecule has 0 aromatic heterocycles. The second-order valence-corrected chi connectivity index (χ2v) is 4.85. The molecule has 0 atom stereocenters. The van der Waals surface area contributed by atoms with E-state index in [1.807, 2.05) is 0 Å². The molecule has 0 fully saturated rings. The van der Waals surface area contributed by atoms with Crippen LogP contribution in [0.1, 0.15) is 5.56 Å². The third kappa shape index (κ3) is 5.03. The molecule has 0 aliphatic rings. The second-order valence-electron chi connectivity index (χ2n) is 4.85. The smallest absolute Gasteiger partial charge is 0.313 e. The van der Waals surface area contributed by atoms with Crippen molar-refractivity contribution >= 4 is 17.5 Å². The Morgan fingerprint density at radius 3 is 2.26 bits per heavy atom. The van der Waals surface area contributed by atoms with Crippen LogP contribution in [-0.2, 0) is 16.0 Å². The average Bonchev–Trinajstić information content (AvgIpc) is 2.57. The number of ether oxygens (including phenoxy) is 1. The molecular formula is C17H18N2O4. The van der Waals surface area contributed by atoms with Gasteiger partial charge in [-0.1, -0.05) is 12.1 Å². The first-order valence-corrected chi connectivity index (χ1v) is 7.09. The summed E-state index contributed by atoms with van der Waals surface area (Å²) in [7, 11) is 1.55. The van der Waals surface area contributed by atoms with Crippen LogP contribution in [0.5, 0.6) is 11.5 Å². The monoisotopic (exact) mass is 314 g/mol. The van der Waals surface area contributed by atoms with Gasteiger partial charge in [0.2, 0.25) is 0 Å². The lowest BCUT2D eigenvalue weighted by Gasteiger charge is -2.07. The maximum absolute atomic E-state index is 11.8. The van der Waals surface area contributed by atoms with E-state index in [9.17, 15) is 14.7 Å². The molecule has 23 heavy (non-hydrogen) atoms. The van der Waals surface area contributed by atoms with Gasteiger partial charge in [-0.15, -0.1) is 0 Å². The van der Waals surface area contributed by atoms with Gasteiger partial charge in [0.25, 0.3) is 0 Å². The van der Waals surface area contributed by atoms with Crippen LogP contribution in [0.3, 0.4) is 0 Å². The number of benzene rings is 2. The Balaban J connectivity index is 1.78. The number of phenols is 1. The lowest BCUT2D eigenvalue weighted by atomic mass is 10.1. The van der Waals surface area contributed by atoms with Crippen LogP contribution < -0.4 is 15.4 Å². The van der Waals surface area contributed by atoms with Crippen molar-refractivity contribution in [1.82, 2.24) is 5.32 Å². The van der Waals surface area contributed by atoms with Gasteiger partial charge in [0, 0.05) is 12.2 Å². The van der Waals surface area contributed by atoms with Gasteiger partial charge in [-0.3, -0.25) is 9.59 Å². The maximum atomic E-state index is 11.8. The standard InChI is InChI=1S/C17H18N2O4/c1-23-15-8-4-13(5-9-15)19-17(22)16(21)18-11-10-12-2-6-14(20)7-3-12/h2-9,20H,10-11H2,1H3,(H,18,21)(H,19,22). The third-order valence-electron chi connectivity index (χ3n) is 3.19. The van der Waals surface area contributed by atoms with E-state index in [2.05, 4.69) is 10.6 Å². The van der Waals surface area contributed by atoms with Gasteiger partial charge >= 0.3 is 11.8 Å². The van der Waals surface area contributed by atoms with Gasteiger partial charge in [0.05, 0.1) is 7.11 Å². The lowest BCUT2D eigenvalue weighted by molar-refractivity contribution is -0.136. The maximum Gasteiger partial charge on any atom is 0.313 e. The summed E-state index contributed by atoms with van der Waals surface area (Å²) in [5.74, 6) is -0.557. The summed E-state index contributed by atoms with van der Waals surface area (Å²) in [6.45, 7) is 0.333. The topological polar surface area (TPSA) is 87.7 Å². The zero-order chi connectivity index (χ0) is 16.7. The molecule has 6 nitrogen and oxygen atoms in total. The molecule has 0 radical (unpaired) electrons. The van der Waals surface area contributed by atoms with Crippen molar-refractivity contribution < 1.29 is 19.4 Å². The molecule has 6 heteroatoms. The second kappa shape index (κ2) is 7.84. The molecule has 0 bridgehead atoms. The van der Waals surface area contributed by atoms with Crippen LogP contribution in [0.15, 0.2) is 48.5 Å². The summed E-state index contributed by atoms with van der Waals surface area (Å²) in [6.07, 6.45) is 0.571. The SMILES string of the molecule is COc1ccc(NC(=O)C(=O)NCCc2ccc(O)cc2)cc1. The number of phenolic OH excluding ortho intramolecular Hbond substituents is 1. The number of hydrogen-bond donors (Lipinski definition) is 3. The molecule has 0 heterocycles. The van der Waals surface area contributed by atoms with Gasteiger partial charge in [-0.2, -0.15) is 0 Å². The Kier molecular flexibility index (Phi) is 5.57. The molecule has 0 spiro atoms. The minimum absolute atomic E-state index is 0.191. The Bertz CT molecular complexity index is 666. The average molecular weight is 314 g/mol. The highest BCUT2D eigenvalue weighted by atomic mass is 16.5. The van der Waals surface area contributed by atoms with Gasteiger partial charge in [-0.25, -0.2) is 0 Å². The zero-order valence-corrected chi connectivity index (χ0v) is 12.7. The first kappa shape index (κ1) is 16.4. The highest BCUT2D eigenvalue weighted by molar-refractivity contribution is 6.39. The van der Waals surface area contributed by atoms with E-state index in [1.165, 1.54) is 0 Å². The minimum Gasteiger partial charge on any atom is -0.508 e. The molecule has 120 valence electrons. The van der Waals surface area contributed by atoms with Crippen LogP contribution in [-0.4, -0.2) is 30.6 Å². The molecule has 0 aliphatic heterocycles. The number of carbonyl (C=O) groups excluding carboxylic acids is 2. The summed E-state index contributed by atoms with van der Waals surface area (Å²) in [6, 6.07) is 13.4. The van der Waals surface area contributed by atoms with Gasteiger partial charge in [-0.05, 0) is 48.4 Å². The number of anilines is 1. The number of carbonyl (C=O) groups is 2. The first-order valence-electron chi connectivity index (χ1n) is 7.09. The summed E-state index contributed by atoms with van der Waals surface area (Å²) in [5, 5.41) is 14.2. The van der Waals surface area contributed by atoms with Crippen LogP contribution >= 0.6 is 0 Å². The van der Waals surface area contributed by atoms with Crippen molar-refractivity contribution in [1.29, 1.82) is 0 Å². The predicted octanol–water partition coefficient (Wildman–Crippen LogP) is 1.70. The van der Waals surface area contributed by atoms with E-state index < -0.39 is 11.8 Å². The van der Waals surface area contributed by atoms with Crippen LogP contribution in [0.2, 0.25) is 0 Å². The fraction of sp³-hybridized carbons (Fsp3) is 0.176. The lowest BCUT2D eigenvalue weighted by Crippen LogP contribution is -2.36. The first-order chi connectivity index (χ1) is 11.1. The Hall–Kier alpha value is -3.02. The van der Waals surface area contributed by atoms with Crippen LogP contribution in [0.4, 0.5) is 5.69 Å². The summed E-state index contributed by atoms with van der Waals surface area (Å²) in [4.78, 5) is 23.5. The van der Waals surface area contributed by atoms with Crippen molar-refractivity contribution in [3.05, 3.63) is 54.1 Å². The Labute approximate surface area is 134 Å². The molecule has 2 aromatic rings. The van der Waals surface area contributed by atoms with Crippen LogP contribution in [0.25, 0.3) is 0 Å². The minimum atomic E-state index is -0.721. The Morgan fingerprint density at radius 2 is 1.65 bits per heavy atom. The number of amides is 2. The van der Waals surface area contributed by atoms with Gasteiger partial charge < -0.3 is 20.5 Å². The van der Waals surface area contributed by atoms with E-state index in [0.29, 0.717) is 24.4 Å². The van der Waals surface area contributed by atoms with E-state index in [0.717, 1.165) is 5.56 Å². The molecule has 2 amide bonds. The quantitative estimate of drug-likeness (QED) is 0.733. The number of rotatable bonds is 5. The Morgan fingerprint density at radius 1 is 1.00 bits per heavy atom. The van der Waals surface area contributed by atoms with Gasteiger partial charge in [0.1, 0.15) is 11.5 Å². The van der Waals surface area contributed by atoms with E-state index >= 15 is 0 Å². The molecule has 0 saturated heterocycles. The van der Waals surface area contributed by atoms with E-state index in [4.69, 9.17) is 4.74 Å². The van der Waals surface area contributed by atoms with Crippen LogP contribution in [0, 0.1) is 0 Å². The fourth-order valence-corrected chi connectivity index (χ4v) is 1.93. The highest BCUT2D eigenvalue weighted by Gasteiger charge is 2.13. The van der Waals surface area contributed by atoms with Gasteiger partial charge in [0.15, 0.2) is 0 Å². The molecule has 0 unspecified atom stereocenters. The molecule has 2 rings (SSSR count). The number of hydrogen-bond acceptors (Lipinski definition) is 4. The summed E-state index contributed by atoms with van der Waals surface area (Å²) >= 11 is 0. The summed E-state index contributed by atoms with van der Waals surface area (Å²) < 4.78 is 5.02. The molecule has 0 saturated carbocycles. The molecular weight excluding hydrogens is 296 g/mol. The van der Waals surface area contributed by atoms with Crippen molar-refractivity contribution in [2.45, 2.75) is 6.42 Å². The molecule has 2 aromatic carbocycles. The molecule has 0 aliphatic carbocycles. The summed E-state index contributed by atoms with van der Waals surface area (Å²) in [5.41, 5.74) is 1.48. The zero-order valence-electron chi connectivity index (χ0n) is 12.7. The van der Waals surface area contributed by atoms with E-state index in [1.54, 1.807) is 55.6 Å². The van der Waals surface area contributed by atoms with Crippen molar-refractivity contribution in [2.75, 3.05) is 19.0 Å². The van der Waals surface area contributed by atoms with Crippen molar-refractivity contribution in [3.63, 3.8) is 0 Å². The third-order valence-corrected chi connectivity index (χ3v) is 3.19. The van der Waals surface area contributed by atoms with Crippen molar-refractivity contribution in [3.8, 4) is 11.5 Å². The molecule has 3 N–H and O–H groups in total. The normalized spacial score (nSPS) is 9.96. The predicted molar refractivity (Wildman–Crippen MR) is 86.4 cm³/mol. The number of nitrogens with one attached hydrogen (secondary N) is 2. The number of methoxy groups -OCH3 is 1. The largest absolute Gasteiger partial charge is 0.508 e. The van der Waals surface area contributed by atoms with E-state index in [-0.39, 0.29) is 5.75 Å². The number of aromatic hydroxyl groups is 1. The van der Waals surface area contributed by atoms with Crippen molar-refractivity contribution in [2.24, 2.45) is 0 Å². The fourth-order valence-electron chi connectivity index (χ4n) is 1.93.